The van der Waals surface area contributed by atoms with Gasteiger partial charge in [-0.1, -0.05) is 23.7 Å². The monoisotopic (exact) mass is 353 g/mol. The number of para-hydroxylation sites is 2. The van der Waals surface area contributed by atoms with E-state index in [4.69, 9.17) is 16.3 Å². The highest BCUT2D eigenvalue weighted by atomic mass is 35.5. The Morgan fingerprint density at radius 1 is 1.13 bits per heavy atom. The number of aromatic nitrogens is 2. The predicted molar refractivity (Wildman–Crippen MR) is 87.7 cm³/mol. The van der Waals surface area contributed by atoms with Gasteiger partial charge in [-0.05, 0) is 24.3 Å². The van der Waals surface area contributed by atoms with E-state index in [-0.39, 0.29) is 15.6 Å². The molecule has 7 nitrogen and oxygen atoms in total. The summed E-state index contributed by atoms with van der Waals surface area (Å²) < 4.78 is 32.7. The normalized spacial score (nSPS) is 11.6. The summed E-state index contributed by atoms with van der Waals surface area (Å²) in [5.74, 6) is 0.378. The van der Waals surface area contributed by atoms with Gasteiger partial charge in [0, 0.05) is 0 Å². The van der Waals surface area contributed by atoms with Gasteiger partial charge in [0.1, 0.15) is 10.6 Å². The highest BCUT2D eigenvalue weighted by Gasteiger charge is 2.21. The third kappa shape index (κ3) is 2.90. The Morgan fingerprint density at radius 2 is 1.78 bits per heavy atom. The summed E-state index contributed by atoms with van der Waals surface area (Å²) >= 11 is 6.05. The fraction of sp³-hybridized carbons (Fsp3) is 0.0714. The maximum absolute atomic E-state index is 12.6. The topological polar surface area (TPSA) is 104 Å². The van der Waals surface area contributed by atoms with Gasteiger partial charge in [0.2, 0.25) is 0 Å². The molecular weight excluding hydrogens is 342 g/mol. The maximum Gasteiger partial charge on any atom is 0.323 e. The van der Waals surface area contributed by atoms with Crippen molar-refractivity contribution >= 4 is 38.3 Å². The first kappa shape index (κ1) is 15.4. The van der Waals surface area contributed by atoms with Gasteiger partial charge in [0.05, 0.1) is 28.9 Å². The van der Waals surface area contributed by atoms with Crippen LogP contribution >= 0.6 is 11.6 Å². The molecule has 0 atom stereocenters. The Bertz CT molecular complexity index is 1040. The summed E-state index contributed by atoms with van der Waals surface area (Å²) in [6.45, 7) is 0. The van der Waals surface area contributed by atoms with E-state index >= 15 is 0 Å². The Balaban J connectivity index is 2.09. The van der Waals surface area contributed by atoms with Crippen molar-refractivity contribution in [3.63, 3.8) is 0 Å². The van der Waals surface area contributed by atoms with Crippen LogP contribution in [0.25, 0.3) is 11.0 Å². The summed E-state index contributed by atoms with van der Waals surface area (Å²) in [5.41, 5.74) is 0.619. The number of imidazole rings is 1. The molecular formula is C14H12ClN3O4S. The molecule has 2 aromatic carbocycles. The third-order valence-corrected chi connectivity index (χ3v) is 5.04. The third-order valence-electron chi connectivity index (χ3n) is 3.21. The van der Waals surface area contributed by atoms with E-state index in [0.29, 0.717) is 16.8 Å². The largest absolute Gasteiger partial charge is 0.495 e. The molecule has 9 heteroatoms. The van der Waals surface area contributed by atoms with Crippen LogP contribution in [-0.2, 0) is 10.0 Å². The van der Waals surface area contributed by atoms with E-state index in [1.54, 1.807) is 24.3 Å². The van der Waals surface area contributed by atoms with Gasteiger partial charge in [-0.2, -0.15) is 0 Å². The zero-order chi connectivity index (χ0) is 16.6. The zero-order valence-electron chi connectivity index (χ0n) is 11.9. The number of ether oxygens (including phenoxy) is 1. The molecule has 0 aliphatic heterocycles. The van der Waals surface area contributed by atoms with Crippen LogP contribution in [-0.4, -0.2) is 25.5 Å². The first-order chi connectivity index (χ1) is 10.9. The lowest BCUT2D eigenvalue weighted by molar-refractivity contribution is 0.417. The van der Waals surface area contributed by atoms with Crippen molar-refractivity contribution in [2.75, 3.05) is 11.8 Å². The molecule has 0 saturated heterocycles. The first-order valence-corrected chi connectivity index (χ1v) is 8.34. The van der Waals surface area contributed by atoms with Crippen LogP contribution in [0, 0.1) is 0 Å². The van der Waals surface area contributed by atoms with Gasteiger partial charge >= 0.3 is 5.69 Å². The number of sulfonamides is 1. The molecule has 0 saturated carbocycles. The second kappa shape index (κ2) is 5.64. The van der Waals surface area contributed by atoms with Crippen molar-refractivity contribution < 1.29 is 13.2 Å². The first-order valence-electron chi connectivity index (χ1n) is 6.48. The molecule has 0 spiro atoms. The number of H-pyrrole nitrogens is 2. The zero-order valence-corrected chi connectivity index (χ0v) is 13.5. The quantitative estimate of drug-likeness (QED) is 0.669. The molecule has 3 aromatic rings. The highest BCUT2D eigenvalue weighted by molar-refractivity contribution is 7.92. The molecule has 0 aliphatic rings. The van der Waals surface area contributed by atoms with Crippen LogP contribution in [0.15, 0.2) is 46.1 Å². The molecule has 0 bridgehead atoms. The van der Waals surface area contributed by atoms with E-state index in [2.05, 4.69) is 14.7 Å². The molecule has 0 fully saturated rings. The van der Waals surface area contributed by atoms with E-state index in [9.17, 15) is 13.2 Å². The number of anilines is 1. The van der Waals surface area contributed by atoms with Crippen molar-refractivity contribution in [1.29, 1.82) is 0 Å². The maximum atomic E-state index is 12.6. The van der Waals surface area contributed by atoms with Crippen molar-refractivity contribution in [2.24, 2.45) is 0 Å². The van der Waals surface area contributed by atoms with Crippen molar-refractivity contribution in [3.8, 4) is 5.75 Å². The fourth-order valence-electron chi connectivity index (χ4n) is 2.17. The molecule has 1 heterocycles. The van der Waals surface area contributed by atoms with Crippen molar-refractivity contribution in [1.82, 2.24) is 9.97 Å². The van der Waals surface area contributed by atoms with Gasteiger partial charge in [0.15, 0.2) is 0 Å². The van der Waals surface area contributed by atoms with Crippen molar-refractivity contribution in [3.05, 3.63) is 51.9 Å². The molecule has 0 unspecified atom stereocenters. The Morgan fingerprint density at radius 3 is 2.48 bits per heavy atom. The standard InChI is InChI=1S/C14H12ClN3O4S/c1-22-12-5-3-2-4-9(12)18-23(20,21)13-7-11-10(6-8(13)15)16-14(19)17-11/h2-7,18H,1H3,(H2,16,17,19). The predicted octanol–water partition coefficient (Wildman–Crippen LogP) is 2.32. The molecule has 0 aliphatic carbocycles. The summed E-state index contributed by atoms with van der Waals surface area (Å²) in [6, 6.07) is 9.28. The van der Waals surface area contributed by atoms with E-state index in [1.165, 1.54) is 19.2 Å². The summed E-state index contributed by atoms with van der Waals surface area (Å²) in [4.78, 5) is 16.2. The number of hydrogen-bond donors (Lipinski definition) is 3. The van der Waals surface area contributed by atoms with Gasteiger partial charge in [-0.25, -0.2) is 13.2 Å². The number of hydrogen-bond acceptors (Lipinski definition) is 4. The molecule has 3 N–H and O–H groups in total. The molecule has 0 radical (unpaired) electrons. The number of nitrogens with one attached hydrogen (secondary N) is 3. The number of rotatable bonds is 4. The summed E-state index contributed by atoms with van der Waals surface area (Å²) in [7, 11) is -2.52. The van der Waals surface area contributed by atoms with Crippen LogP contribution in [0.4, 0.5) is 5.69 Å². The SMILES string of the molecule is COc1ccccc1NS(=O)(=O)c1cc2[nH]c(=O)[nH]c2cc1Cl. The Labute approximate surface area is 136 Å². The molecule has 1 aromatic heterocycles. The number of methoxy groups -OCH3 is 1. The second-order valence-corrected chi connectivity index (χ2v) is 6.77. The van der Waals surface area contributed by atoms with Gasteiger partial charge in [-0.3, -0.25) is 4.72 Å². The summed E-state index contributed by atoms with van der Waals surface area (Å²) in [6.07, 6.45) is 0. The van der Waals surface area contributed by atoms with E-state index in [0.717, 1.165) is 0 Å². The van der Waals surface area contributed by atoms with Crippen LogP contribution in [0.5, 0.6) is 5.75 Å². The van der Waals surface area contributed by atoms with Gasteiger partial charge in [-0.15, -0.1) is 0 Å². The minimum atomic E-state index is -3.96. The lowest BCUT2D eigenvalue weighted by Crippen LogP contribution is -2.14. The van der Waals surface area contributed by atoms with Crippen molar-refractivity contribution in [2.45, 2.75) is 4.90 Å². The van der Waals surface area contributed by atoms with Gasteiger partial charge < -0.3 is 14.7 Å². The highest BCUT2D eigenvalue weighted by Crippen LogP contribution is 2.30. The number of benzene rings is 2. The average Bonchev–Trinajstić information content (AvgIpc) is 2.85. The van der Waals surface area contributed by atoms with Gasteiger partial charge in [0.25, 0.3) is 10.0 Å². The minimum Gasteiger partial charge on any atom is -0.495 e. The number of aromatic amines is 2. The molecule has 0 amide bonds. The summed E-state index contributed by atoms with van der Waals surface area (Å²) in [5, 5.41) is -0.00449. The Kier molecular flexibility index (Phi) is 3.78. The lowest BCUT2D eigenvalue weighted by atomic mass is 10.3. The average molecular weight is 354 g/mol. The van der Waals surface area contributed by atoms with E-state index in [1.807, 2.05) is 0 Å². The van der Waals surface area contributed by atoms with Crippen LogP contribution in [0.2, 0.25) is 5.02 Å². The molecule has 23 heavy (non-hydrogen) atoms. The van der Waals surface area contributed by atoms with Crippen LogP contribution in [0.1, 0.15) is 0 Å². The smallest absolute Gasteiger partial charge is 0.323 e. The van der Waals surface area contributed by atoms with Crippen LogP contribution in [0.3, 0.4) is 0 Å². The molecule has 120 valence electrons. The van der Waals surface area contributed by atoms with Crippen LogP contribution < -0.4 is 15.1 Å². The lowest BCUT2D eigenvalue weighted by Gasteiger charge is -2.12. The number of halogens is 1. The number of fused-ring (bicyclic) bond motifs is 1. The Hall–Kier alpha value is -2.45. The van der Waals surface area contributed by atoms with E-state index < -0.39 is 15.7 Å². The fourth-order valence-corrected chi connectivity index (χ4v) is 3.80. The minimum absolute atomic E-state index is 0.00449. The molecule has 3 rings (SSSR count). The second-order valence-electron chi connectivity index (χ2n) is 4.71.